The molecule has 0 unspecified atom stereocenters. The number of nitrogens with zero attached hydrogens (tertiary/aromatic N) is 3. The topological polar surface area (TPSA) is 122 Å². The minimum Gasteiger partial charge on any atom is -0.464 e. The van der Waals surface area contributed by atoms with E-state index in [-0.39, 0.29) is 19.6 Å². The van der Waals surface area contributed by atoms with Crippen LogP contribution in [0.2, 0.25) is 0 Å². The summed E-state index contributed by atoms with van der Waals surface area (Å²) in [6.45, 7) is 1.37. The predicted molar refractivity (Wildman–Crippen MR) is 86.2 cm³/mol. The van der Waals surface area contributed by atoms with Crippen LogP contribution in [-0.4, -0.2) is 41.0 Å². The Bertz CT molecular complexity index is 769. The third-order valence-corrected chi connectivity index (χ3v) is 5.08. The number of alkyl halides is 1. The molecule has 5 atom stereocenters. The SMILES string of the molecule is CCOC(=O)[C@@]1(F)[C@@H]2C[C@@H](O)[C@@](N=[N+]=[N-])(C(=O)OCc3ccccc3)[C@@H]21. The minimum absolute atomic E-state index is 0.0283. The maximum Gasteiger partial charge on any atom is 0.344 e. The number of hydrogen-bond donors (Lipinski definition) is 1. The van der Waals surface area contributed by atoms with Gasteiger partial charge in [-0.05, 0) is 24.4 Å². The maximum absolute atomic E-state index is 15.1. The minimum atomic E-state index is -2.46. The van der Waals surface area contributed by atoms with Gasteiger partial charge in [0.1, 0.15) is 6.61 Å². The zero-order valence-corrected chi connectivity index (χ0v) is 14.0. The van der Waals surface area contributed by atoms with E-state index in [1.54, 1.807) is 30.3 Å². The molecule has 0 spiro atoms. The number of fused-ring (bicyclic) bond motifs is 1. The third kappa shape index (κ3) is 2.51. The summed E-state index contributed by atoms with van der Waals surface area (Å²) in [6.07, 6.45) is -1.63. The molecule has 2 fully saturated rings. The molecule has 2 aliphatic rings. The van der Waals surface area contributed by atoms with Crippen LogP contribution in [0.15, 0.2) is 35.4 Å². The molecular formula is C17H18FN3O5. The summed E-state index contributed by atoms with van der Waals surface area (Å²) in [5.74, 6) is -4.42. The summed E-state index contributed by atoms with van der Waals surface area (Å²) < 4.78 is 25.1. The number of carbonyl (C=O) groups is 2. The Morgan fingerprint density at radius 1 is 1.35 bits per heavy atom. The van der Waals surface area contributed by atoms with Crippen LogP contribution in [0.4, 0.5) is 4.39 Å². The fraction of sp³-hybridized carbons (Fsp3) is 0.529. The average Bonchev–Trinajstić information content (AvgIpc) is 3.10. The van der Waals surface area contributed by atoms with E-state index in [4.69, 9.17) is 15.0 Å². The van der Waals surface area contributed by atoms with Gasteiger partial charge in [-0.1, -0.05) is 35.4 Å². The fourth-order valence-corrected chi connectivity index (χ4v) is 3.85. The largest absolute Gasteiger partial charge is 0.464 e. The summed E-state index contributed by atoms with van der Waals surface area (Å²) >= 11 is 0. The molecule has 2 aliphatic carbocycles. The van der Waals surface area contributed by atoms with Crippen LogP contribution in [0.1, 0.15) is 18.9 Å². The van der Waals surface area contributed by atoms with E-state index < -0.39 is 41.1 Å². The number of aliphatic hydroxyl groups excluding tert-OH is 1. The van der Waals surface area contributed by atoms with Gasteiger partial charge in [0.25, 0.3) is 0 Å². The second-order valence-corrected chi connectivity index (χ2v) is 6.40. The Kier molecular flexibility index (Phi) is 4.60. The van der Waals surface area contributed by atoms with Crippen molar-refractivity contribution in [2.75, 3.05) is 6.61 Å². The quantitative estimate of drug-likeness (QED) is 0.359. The standard InChI is InChI=1S/C17H18FN3O5/c1-2-25-14(23)16(18)11-8-12(22)17(13(11)16,20-21-19)15(24)26-9-10-6-4-3-5-7-10/h3-7,11-13,22H,2,8-9H2,1H3/t11-,12-,13+,16-,17+/m1/s1. The number of hydrogen-bond acceptors (Lipinski definition) is 6. The van der Waals surface area contributed by atoms with E-state index in [1.165, 1.54) is 6.92 Å². The summed E-state index contributed by atoms with van der Waals surface area (Å²) in [5, 5.41) is 13.7. The second kappa shape index (κ2) is 6.59. The lowest BCUT2D eigenvalue weighted by molar-refractivity contribution is -0.161. The number of carbonyl (C=O) groups excluding carboxylic acids is 2. The first-order chi connectivity index (χ1) is 12.4. The van der Waals surface area contributed by atoms with Crippen molar-refractivity contribution in [2.24, 2.45) is 17.0 Å². The molecule has 0 radical (unpaired) electrons. The van der Waals surface area contributed by atoms with Crippen LogP contribution in [0.3, 0.4) is 0 Å². The third-order valence-electron chi connectivity index (χ3n) is 5.08. The molecule has 1 aromatic rings. The van der Waals surface area contributed by atoms with Crippen molar-refractivity contribution in [1.82, 2.24) is 0 Å². The lowest BCUT2D eigenvalue weighted by Crippen LogP contribution is -2.52. The summed E-state index contributed by atoms with van der Waals surface area (Å²) in [5.41, 5.74) is 4.92. The smallest absolute Gasteiger partial charge is 0.344 e. The zero-order valence-electron chi connectivity index (χ0n) is 14.0. The highest BCUT2D eigenvalue weighted by molar-refractivity contribution is 5.92. The van der Waals surface area contributed by atoms with Crippen molar-refractivity contribution in [3.63, 3.8) is 0 Å². The van der Waals surface area contributed by atoms with Gasteiger partial charge >= 0.3 is 11.9 Å². The van der Waals surface area contributed by atoms with Crippen molar-refractivity contribution in [3.05, 3.63) is 46.3 Å². The highest BCUT2D eigenvalue weighted by Crippen LogP contribution is 2.69. The molecule has 3 rings (SSSR count). The molecule has 0 bridgehead atoms. The number of aliphatic hydroxyl groups is 1. The first-order valence-electron chi connectivity index (χ1n) is 8.24. The molecule has 0 saturated heterocycles. The maximum atomic E-state index is 15.1. The van der Waals surface area contributed by atoms with Gasteiger partial charge in [0.15, 0.2) is 5.54 Å². The van der Waals surface area contributed by atoms with Gasteiger partial charge in [-0.15, -0.1) is 0 Å². The lowest BCUT2D eigenvalue weighted by atomic mass is 9.87. The van der Waals surface area contributed by atoms with Crippen LogP contribution < -0.4 is 0 Å². The van der Waals surface area contributed by atoms with Crippen molar-refractivity contribution >= 4 is 11.9 Å². The number of azide groups is 1. The van der Waals surface area contributed by atoms with Crippen molar-refractivity contribution in [2.45, 2.75) is 37.3 Å². The molecule has 138 valence electrons. The molecule has 0 aromatic heterocycles. The molecule has 0 amide bonds. The van der Waals surface area contributed by atoms with E-state index in [2.05, 4.69) is 10.0 Å². The summed E-state index contributed by atoms with van der Waals surface area (Å²) in [4.78, 5) is 27.3. The molecular weight excluding hydrogens is 345 g/mol. The van der Waals surface area contributed by atoms with Crippen molar-refractivity contribution in [3.8, 4) is 0 Å². The molecule has 1 aromatic carbocycles. The Hall–Kier alpha value is -2.64. The molecule has 0 aliphatic heterocycles. The van der Waals surface area contributed by atoms with E-state index >= 15 is 4.39 Å². The molecule has 8 nitrogen and oxygen atoms in total. The highest BCUT2D eigenvalue weighted by atomic mass is 19.1. The average molecular weight is 363 g/mol. The fourth-order valence-electron chi connectivity index (χ4n) is 3.85. The number of rotatable bonds is 6. The van der Waals surface area contributed by atoms with Crippen LogP contribution in [0.5, 0.6) is 0 Å². The van der Waals surface area contributed by atoms with Crippen LogP contribution in [0, 0.1) is 11.8 Å². The molecule has 9 heteroatoms. The van der Waals surface area contributed by atoms with Gasteiger partial charge in [0.05, 0.1) is 12.7 Å². The number of ether oxygens (including phenoxy) is 2. The molecule has 2 saturated carbocycles. The summed E-state index contributed by atoms with van der Waals surface area (Å²) in [6, 6.07) is 8.73. The summed E-state index contributed by atoms with van der Waals surface area (Å²) in [7, 11) is 0. The van der Waals surface area contributed by atoms with E-state index in [1.807, 2.05) is 0 Å². The normalized spacial score (nSPS) is 34.3. The van der Waals surface area contributed by atoms with E-state index in [0.29, 0.717) is 5.56 Å². The highest BCUT2D eigenvalue weighted by Gasteiger charge is 2.86. The van der Waals surface area contributed by atoms with Crippen LogP contribution >= 0.6 is 0 Å². The number of benzene rings is 1. The van der Waals surface area contributed by atoms with Crippen LogP contribution in [-0.2, 0) is 25.7 Å². The monoisotopic (exact) mass is 363 g/mol. The first-order valence-corrected chi connectivity index (χ1v) is 8.24. The molecule has 26 heavy (non-hydrogen) atoms. The van der Waals surface area contributed by atoms with Crippen LogP contribution in [0.25, 0.3) is 10.4 Å². The van der Waals surface area contributed by atoms with Gasteiger partial charge < -0.3 is 14.6 Å². The first kappa shape index (κ1) is 18.2. The molecule has 1 N–H and O–H groups in total. The Labute approximate surface area is 148 Å². The molecule has 0 heterocycles. The van der Waals surface area contributed by atoms with Gasteiger partial charge in [-0.3, -0.25) is 4.79 Å². The van der Waals surface area contributed by atoms with E-state index in [0.717, 1.165) is 0 Å². The second-order valence-electron chi connectivity index (χ2n) is 6.40. The Morgan fingerprint density at radius 3 is 2.65 bits per heavy atom. The Morgan fingerprint density at radius 2 is 2.04 bits per heavy atom. The van der Waals surface area contributed by atoms with Gasteiger partial charge in [-0.2, -0.15) is 0 Å². The number of esters is 2. The van der Waals surface area contributed by atoms with Crippen molar-refractivity contribution < 1.29 is 28.6 Å². The lowest BCUT2D eigenvalue weighted by Gasteiger charge is -2.30. The van der Waals surface area contributed by atoms with Gasteiger partial charge in [-0.25, -0.2) is 9.18 Å². The van der Waals surface area contributed by atoms with Gasteiger partial charge in [0.2, 0.25) is 5.67 Å². The van der Waals surface area contributed by atoms with Crippen molar-refractivity contribution in [1.29, 1.82) is 0 Å². The van der Waals surface area contributed by atoms with E-state index in [9.17, 15) is 14.7 Å². The Balaban J connectivity index is 1.85. The predicted octanol–water partition coefficient (Wildman–Crippen LogP) is 2.06. The zero-order chi connectivity index (χ0) is 18.9. The van der Waals surface area contributed by atoms with Gasteiger partial charge in [0, 0.05) is 16.7 Å². The number of halogens is 1.